The lowest BCUT2D eigenvalue weighted by atomic mass is 10.1. The van der Waals surface area contributed by atoms with Gasteiger partial charge in [-0.3, -0.25) is 9.35 Å². The molecule has 0 aliphatic carbocycles. The second-order valence-corrected chi connectivity index (χ2v) is 9.02. The fourth-order valence-electron chi connectivity index (χ4n) is 3.23. The number of hydrazone groups is 1. The molecule has 174 valence electrons. The number of carbonyl (C=O) groups excluding carboxylic acids is 1. The Morgan fingerprint density at radius 3 is 2.56 bits per heavy atom. The molecule has 0 saturated heterocycles. The zero-order chi connectivity index (χ0) is 24.4. The molecule has 0 fully saturated rings. The average Bonchev–Trinajstić information content (AvgIpc) is 3.27. The van der Waals surface area contributed by atoms with Crippen LogP contribution in [0.25, 0.3) is 10.1 Å². The molecule has 34 heavy (non-hydrogen) atoms. The monoisotopic (exact) mass is 500 g/mol. The van der Waals surface area contributed by atoms with Gasteiger partial charge >= 0.3 is 0 Å². The van der Waals surface area contributed by atoms with Gasteiger partial charge in [-0.1, -0.05) is 17.7 Å². The van der Waals surface area contributed by atoms with Gasteiger partial charge in [0.25, 0.3) is 17.2 Å². The highest BCUT2D eigenvalue weighted by atomic mass is 32.2. The van der Waals surface area contributed by atoms with Crippen LogP contribution in [0.2, 0.25) is 0 Å². The van der Waals surface area contributed by atoms with E-state index in [1.807, 2.05) is 24.4 Å². The van der Waals surface area contributed by atoms with Crippen molar-refractivity contribution in [2.24, 2.45) is 10.8 Å². The number of nitrogens with one attached hydrogen (secondary N) is 1. The molecule has 0 bridgehead atoms. The minimum atomic E-state index is -2.58. The predicted octanol–water partition coefficient (Wildman–Crippen LogP) is 5.31. The van der Waals surface area contributed by atoms with Gasteiger partial charge in [0.1, 0.15) is 0 Å². The molecule has 4 N–H and O–H groups in total. The van der Waals surface area contributed by atoms with Gasteiger partial charge in [-0.2, -0.15) is 9.52 Å². The summed E-state index contributed by atoms with van der Waals surface area (Å²) in [6, 6.07) is 14.6. The minimum Gasteiger partial charge on any atom is -0.366 e. The highest BCUT2D eigenvalue weighted by Gasteiger charge is 2.22. The van der Waals surface area contributed by atoms with Crippen LogP contribution in [-0.4, -0.2) is 20.9 Å². The first-order valence-corrected chi connectivity index (χ1v) is 11.8. The molecule has 4 rings (SSSR count). The number of benzene rings is 3. The molecule has 1 unspecified atom stereocenters. The normalized spacial score (nSPS) is 12.2. The lowest BCUT2D eigenvalue weighted by Crippen LogP contribution is -2.19. The van der Waals surface area contributed by atoms with Crippen LogP contribution in [0.1, 0.15) is 21.5 Å². The number of hydrogen-bond acceptors (Lipinski definition) is 5. The van der Waals surface area contributed by atoms with Gasteiger partial charge in [0.2, 0.25) is 0 Å². The number of primary amides is 1. The molecule has 4 aromatic rings. The Bertz CT molecular complexity index is 1440. The summed E-state index contributed by atoms with van der Waals surface area (Å²) in [5, 5.41) is 9.35. The zero-order valence-electron chi connectivity index (χ0n) is 17.7. The molecule has 1 aromatic heterocycles. The van der Waals surface area contributed by atoms with E-state index in [4.69, 9.17) is 5.73 Å². The van der Waals surface area contributed by atoms with Gasteiger partial charge in [-0.05, 0) is 60.2 Å². The van der Waals surface area contributed by atoms with E-state index < -0.39 is 40.1 Å². The third-order valence-electron chi connectivity index (χ3n) is 4.93. The fraction of sp³-hybridized carbons (Fsp3) is 0.0435. The molecule has 0 aliphatic rings. The summed E-state index contributed by atoms with van der Waals surface area (Å²) in [6.45, 7) is 1.84. The molecule has 11 heteroatoms. The summed E-state index contributed by atoms with van der Waals surface area (Å²) in [5.41, 5.74) is 5.88. The van der Waals surface area contributed by atoms with E-state index in [1.165, 1.54) is 11.3 Å². The number of rotatable bonds is 7. The zero-order valence-corrected chi connectivity index (χ0v) is 19.3. The number of fused-ring (bicyclic) bond motifs is 1. The van der Waals surface area contributed by atoms with Crippen molar-refractivity contribution in [1.82, 2.24) is 0 Å². The van der Waals surface area contributed by atoms with Gasteiger partial charge in [0.05, 0.1) is 23.2 Å². The molecule has 0 aliphatic heterocycles. The standard InChI is InChI=1S/C23H18F2N4O3S2/c1-13-2-5-17(6-3-13)29(34(31)32)27-12-15-11-18(23(26)30)22(21(25)20(15)24)28-16-4-7-19-14(10-16)8-9-33-19/h2-12,28H,1H3,(H2,26,30)(H,31,32)/b27-12+. The topological polar surface area (TPSA) is 108 Å². The molecule has 0 radical (unpaired) electrons. The maximum atomic E-state index is 15.0. The Morgan fingerprint density at radius 1 is 1.15 bits per heavy atom. The molecule has 1 heterocycles. The van der Waals surface area contributed by atoms with E-state index in [0.29, 0.717) is 10.1 Å². The van der Waals surface area contributed by atoms with E-state index in [-0.39, 0.29) is 11.3 Å². The second kappa shape index (κ2) is 9.67. The SMILES string of the molecule is Cc1ccc(N(/N=C/c2cc(C(N)=O)c(Nc3ccc4sccc4c3)c(F)c2F)S(=O)O)cc1. The number of anilines is 3. The number of hydrogen-bond donors (Lipinski definition) is 3. The highest BCUT2D eigenvalue weighted by molar-refractivity contribution is 7.80. The van der Waals surface area contributed by atoms with Crippen molar-refractivity contribution in [3.05, 3.63) is 88.3 Å². The molecular weight excluding hydrogens is 482 g/mol. The maximum absolute atomic E-state index is 15.0. The number of amides is 1. The van der Waals surface area contributed by atoms with Crippen LogP contribution in [0.5, 0.6) is 0 Å². The number of halogens is 2. The van der Waals surface area contributed by atoms with Crippen molar-refractivity contribution in [2.45, 2.75) is 6.92 Å². The Kier molecular flexibility index (Phi) is 6.68. The average molecular weight is 501 g/mol. The molecular formula is C23H18F2N4O3S2. The van der Waals surface area contributed by atoms with E-state index in [2.05, 4.69) is 10.4 Å². The fourth-order valence-corrected chi connectivity index (χ4v) is 4.43. The summed E-state index contributed by atoms with van der Waals surface area (Å²) in [5.74, 6) is -3.63. The van der Waals surface area contributed by atoms with Crippen molar-refractivity contribution in [1.29, 1.82) is 0 Å². The van der Waals surface area contributed by atoms with Crippen LogP contribution >= 0.6 is 11.3 Å². The summed E-state index contributed by atoms with van der Waals surface area (Å²) < 4.78 is 53.0. The minimum absolute atomic E-state index is 0.251. The van der Waals surface area contributed by atoms with E-state index in [1.54, 1.807) is 36.4 Å². The van der Waals surface area contributed by atoms with Gasteiger partial charge in [-0.15, -0.1) is 11.3 Å². The van der Waals surface area contributed by atoms with E-state index >= 15 is 4.39 Å². The number of nitrogens with two attached hydrogens (primary N) is 1. The van der Waals surface area contributed by atoms with Gasteiger partial charge < -0.3 is 11.1 Å². The van der Waals surface area contributed by atoms with Crippen molar-refractivity contribution in [2.75, 3.05) is 9.73 Å². The van der Waals surface area contributed by atoms with Crippen molar-refractivity contribution >= 4 is 61.9 Å². The van der Waals surface area contributed by atoms with E-state index in [9.17, 15) is 17.9 Å². The first kappa shape index (κ1) is 23.5. The number of carbonyl (C=O) groups is 1. The third-order valence-corrected chi connectivity index (χ3v) is 6.43. The molecule has 1 atom stereocenters. The Balaban J connectivity index is 1.72. The van der Waals surface area contributed by atoms with Crippen LogP contribution < -0.4 is 15.5 Å². The van der Waals surface area contributed by atoms with Crippen LogP contribution in [-0.2, 0) is 11.3 Å². The third kappa shape index (κ3) is 4.81. The summed E-state index contributed by atoms with van der Waals surface area (Å²) in [7, 11) is 0. The maximum Gasteiger partial charge on any atom is 0.283 e. The molecule has 0 saturated carbocycles. The molecule has 1 amide bonds. The predicted molar refractivity (Wildman–Crippen MR) is 132 cm³/mol. The molecule has 0 spiro atoms. The summed E-state index contributed by atoms with van der Waals surface area (Å²) in [4.78, 5) is 12.0. The van der Waals surface area contributed by atoms with Crippen molar-refractivity contribution in [3.8, 4) is 0 Å². The largest absolute Gasteiger partial charge is 0.366 e. The van der Waals surface area contributed by atoms with E-state index in [0.717, 1.165) is 27.9 Å². The van der Waals surface area contributed by atoms with Crippen LogP contribution in [0, 0.1) is 18.6 Å². The second-order valence-electron chi connectivity index (χ2n) is 7.26. The first-order chi connectivity index (χ1) is 16.2. The first-order valence-electron chi connectivity index (χ1n) is 9.82. The van der Waals surface area contributed by atoms with Gasteiger partial charge in [0.15, 0.2) is 11.6 Å². The Hall–Kier alpha value is -3.67. The number of nitrogens with zero attached hydrogens (tertiary/aromatic N) is 2. The molecule has 7 nitrogen and oxygen atoms in total. The van der Waals surface area contributed by atoms with Crippen molar-refractivity contribution in [3.63, 3.8) is 0 Å². The highest BCUT2D eigenvalue weighted by Crippen LogP contribution is 2.31. The Morgan fingerprint density at radius 2 is 1.88 bits per heavy atom. The van der Waals surface area contributed by atoms with Gasteiger partial charge in [-0.25, -0.2) is 13.0 Å². The number of thiophene rings is 1. The lowest BCUT2D eigenvalue weighted by Gasteiger charge is -2.15. The molecule has 3 aromatic carbocycles. The lowest BCUT2D eigenvalue weighted by molar-refractivity contribution is 0.100. The quantitative estimate of drug-likeness (QED) is 0.182. The van der Waals surface area contributed by atoms with Gasteiger partial charge in [0, 0.05) is 16.0 Å². The van der Waals surface area contributed by atoms with Crippen LogP contribution in [0.15, 0.2) is 65.1 Å². The van der Waals surface area contributed by atoms with Crippen molar-refractivity contribution < 1.29 is 22.3 Å². The summed E-state index contributed by atoms with van der Waals surface area (Å²) >= 11 is -1.05. The number of aryl methyl sites for hydroxylation is 1. The van der Waals surface area contributed by atoms with Crippen LogP contribution in [0.3, 0.4) is 0 Å². The van der Waals surface area contributed by atoms with Crippen LogP contribution in [0.4, 0.5) is 25.8 Å². The smallest absolute Gasteiger partial charge is 0.283 e. The summed E-state index contributed by atoms with van der Waals surface area (Å²) in [6.07, 6.45) is 0.847. The Labute approximate surface area is 199 Å².